The fourth-order valence-corrected chi connectivity index (χ4v) is 1.71. The molecule has 0 aromatic rings. The van der Waals surface area contributed by atoms with Crippen molar-refractivity contribution >= 4 is 17.8 Å². The van der Waals surface area contributed by atoms with Crippen molar-refractivity contribution in [2.24, 2.45) is 0 Å². The Labute approximate surface area is 99.8 Å². The number of amides is 2. The van der Waals surface area contributed by atoms with Gasteiger partial charge in [-0.15, -0.1) is 0 Å². The highest BCUT2D eigenvalue weighted by molar-refractivity contribution is 5.91. The predicted octanol–water partition coefficient (Wildman–Crippen LogP) is 0.0246. The Morgan fingerprint density at radius 3 is 2.65 bits per heavy atom. The third-order valence-electron chi connectivity index (χ3n) is 2.74. The normalized spacial score (nSPS) is 19.9. The smallest absolute Gasteiger partial charge is 0.303 e. The van der Waals surface area contributed by atoms with Crippen molar-refractivity contribution < 1.29 is 19.5 Å². The highest BCUT2D eigenvalue weighted by Crippen LogP contribution is 2.13. The van der Waals surface area contributed by atoms with E-state index in [2.05, 4.69) is 10.6 Å². The summed E-state index contributed by atoms with van der Waals surface area (Å²) in [5, 5.41) is 13.9. The van der Waals surface area contributed by atoms with Crippen molar-refractivity contribution in [3.8, 4) is 0 Å². The zero-order chi connectivity index (χ0) is 13.1. The largest absolute Gasteiger partial charge is 0.481 e. The van der Waals surface area contributed by atoms with Crippen molar-refractivity contribution in [3.63, 3.8) is 0 Å². The molecule has 0 bridgehead atoms. The van der Waals surface area contributed by atoms with Crippen molar-refractivity contribution in [2.75, 3.05) is 0 Å². The monoisotopic (exact) mass is 242 g/mol. The summed E-state index contributed by atoms with van der Waals surface area (Å²) in [5.74, 6) is -1.25. The third-order valence-corrected chi connectivity index (χ3v) is 2.74. The van der Waals surface area contributed by atoms with E-state index < -0.39 is 17.6 Å². The van der Waals surface area contributed by atoms with Crippen LogP contribution in [0.3, 0.4) is 0 Å². The summed E-state index contributed by atoms with van der Waals surface area (Å²) in [6.45, 7) is 3.54. The highest BCUT2D eigenvalue weighted by Gasteiger charge is 2.30. The predicted molar refractivity (Wildman–Crippen MR) is 60.3 cm³/mol. The van der Waals surface area contributed by atoms with Crippen LogP contribution in [0.4, 0.5) is 0 Å². The van der Waals surface area contributed by atoms with Crippen LogP contribution in [0.1, 0.15) is 39.5 Å². The zero-order valence-electron chi connectivity index (χ0n) is 10.1. The van der Waals surface area contributed by atoms with Crippen LogP contribution in [-0.4, -0.2) is 34.5 Å². The summed E-state index contributed by atoms with van der Waals surface area (Å²) in [7, 11) is 0. The van der Waals surface area contributed by atoms with E-state index in [4.69, 9.17) is 5.11 Å². The van der Waals surface area contributed by atoms with E-state index in [9.17, 15) is 14.4 Å². The Morgan fingerprint density at radius 1 is 1.53 bits per heavy atom. The molecule has 6 nitrogen and oxygen atoms in total. The van der Waals surface area contributed by atoms with Gasteiger partial charge in [-0.1, -0.05) is 0 Å². The van der Waals surface area contributed by atoms with E-state index in [0.29, 0.717) is 19.3 Å². The number of carbonyl (C=O) groups is 3. The lowest BCUT2D eigenvalue weighted by atomic mass is 9.97. The molecule has 0 radical (unpaired) electrons. The van der Waals surface area contributed by atoms with E-state index in [0.717, 1.165) is 0 Å². The number of rotatable bonds is 5. The molecule has 1 rings (SSSR count). The van der Waals surface area contributed by atoms with Gasteiger partial charge in [0.2, 0.25) is 11.8 Å². The molecule has 0 spiro atoms. The Morgan fingerprint density at radius 2 is 2.18 bits per heavy atom. The van der Waals surface area contributed by atoms with Gasteiger partial charge >= 0.3 is 5.97 Å². The molecule has 3 N–H and O–H groups in total. The van der Waals surface area contributed by atoms with Gasteiger partial charge in [-0.3, -0.25) is 14.4 Å². The third kappa shape index (κ3) is 4.42. The van der Waals surface area contributed by atoms with Gasteiger partial charge in [-0.2, -0.15) is 0 Å². The number of carbonyl (C=O) groups excluding carboxylic acids is 2. The summed E-state index contributed by atoms with van der Waals surface area (Å²) < 4.78 is 0. The van der Waals surface area contributed by atoms with Gasteiger partial charge in [-0.25, -0.2) is 0 Å². The van der Waals surface area contributed by atoms with Crippen LogP contribution in [-0.2, 0) is 14.4 Å². The first-order valence-electron chi connectivity index (χ1n) is 5.63. The Kier molecular flexibility index (Phi) is 4.09. The number of hydrogen-bond donors (Lipinski definition) is 3. The van der Waals surface area contributed by atoms with E-state index in [1.54, 1.807) is 13.8 Å². The first-order valence-corrected chi connectivity index (χ1v) is 5.63. The molecule has 1 fully saturated rings. The maximum Gasteiger partial charge on any atom is 0.303 e. The molecule has 0 saturated carbocycles. The number of hydrogen-bond acceptors (Lipinski definition) is 3. The van der Waals surface area contributed by atoms with Crippen molar-refractivity contribution in [2.45, 2.75) is 51.1 Å². The molecule has 1 aliphatic heterocycles. The summed E-state index contributed by atoms with van der Waals surface area (Å²) >= 11 is 0. The number of carboxylic acids is 1. The summed E-state index contributed by atoms with van der Waals surface area (Å²) in [6, 6.07) is -0.480. The van der Waals surface area contributed by atoms with Gasteiger partial charge in [0.25, 0.3) is 0 Å². The lowest BCUT2D eigenvalue weighted by Crippen LogP contribution is -2.50. The van der Waals surface area contributed by atoms with Crippen LogP contribution in [0.2, 0.25) is 0 Å². The average molecular weight is 242 g/mol. The van der Waals surface area contributed by atoms with E-state index in [1.165, 1.54) is 0 Å². The molecule has 1 heterocycles. The molecule has 96 valence electrons. The van der Waals surface area contributed by atoms with Gasteiger partial charge in [0, 0.05) is 18.4 Å². The maximum absolute atomic E-state index is 11.8. The fraction of sp³-hybridized carbons (Fsp3) is 0.727. The van der Waals surface area contributed by atoms with Crippen LogP contribution < -0.4 is 10.6 Å². The second-order valence-corrected chi connectivity index (χ2v) is 4.93. The minimum Gasteiger partial charge on any atom is -0.481 e. The first kappa shape index (κ1) is 13.5. The molecule has 0 aliphatic carbocycles. The van der Waals surface area contributed by atoms with Crippen molar-refractivity contribution in [1.82, 2.24) is 10.6 Å². The van der Waals surface area contributed by atoms with Crippen molar-refractivity contribution in [1.29, 1.82) is 0 Å². The second-order valence-electron chi connectivity index (χ2n) is 4.93. The molecule has 1 saturated heterocycles. The minimum absolute atomic E-state index is 0.00427. The zero-order valence-corrected chi connectivity index (χ0v) is 10.1. The van der Waals surface area contributed by atoms with Crippen LogP contribution in [0.25, 0.3) is 0 Å². The topological polar surface area (TPSA) is 95.5 Å². The Balaban J connectivity index is 2.43. The van der Waals surface area contributed by atoms with Gasteiger partial charge in [0.15, 0.2) is 0 Å². The summed E-state index contributed by atoms with van der Waals surface area (Å²) in [4.78, 5) is 33.2. The summed E-state index contributed by atoms with van der Waals surface area (Å²) in [5.41, 5.74) is -0.581. The number of nitrogens with one attached hydrogen (secondary N) is 2. The van der Waals surface area contributed by atoms with E-state index in [-0.39, 0.29) is 18.2 Å². The summed E-state index contributed by atoms with van der Waals surface area (Å²) in [6.07, 6.45) is 1.23. The van der Waals surface area contributed by atoms with Gasteiger partial charge in [0.05, 0.1) is 0 Å². The Hall–Kier alpha value is -1.59. The molecule has 1 atom stereocenters. The molecule has 6 heteroatoms. The lowest BCUT2D eigenvalue weighted by molar-refractivity contribution is -0.138. The van der Waals surface area contributed by atoms with Gasteiger partial charge in [0.1, 0.15) is 6.04 Å². The van der Waals surface area contributed by atoms with Gasteiger partial charge in [-0.05, 0) is 26.7 Å². The molecule has 1 aliphatic rings. The van der Waals surface area contributed by atoms with Crippen LogP contribution in [0.5, 0.6) is 0 Å². The maximum atomic E-state index is 11.8. The molecule has 0 aromatic carbocycles. The number of carboxylic acid groups (broad SMARTS) is 1. The molecular weight excluding hydrogens is 224 g/mol. The Bertz CT molecular complexity index is 338. The molecule has 2 amide bonds. The highest BCUT2D eigenvalue weighted by atomic mass is 16.4. The first-order chi connectivity index (χ1) is 7.80. The molecule has 0 aromatic heterocycles. The molecule has 1 unspecified atom stereocenters. The van der Waals surface area contributed by atoms with Crippen LogP contribution in [0.15, 0.2) is 0 Å². The standard InChI is InChI=1S/C11H18N2O4/c1-11(2,6-5-9(15)16)13-10(17)7-3-4-8(14)12-7/h7H,3-6H2,1-2H3,(H,12,14)(H,13,17)(H,15,16). The van der Waals surface area contributed by atoms with Crippen LogP contribution in [0, 0.1) is 0 Å². The van der Waals surface area contributed by atoms with E-state index >= 15 is 0 Å². The number of aliphatic carboxylic acids is 1. The second kappa shape index (κ2) is 5.16. The fourth-order valence-electron chi connectivity index (χ4n) is 1.71. The average Bonchev–Trinajstić information content (AvgIpc) is 2.61. The van der Waals surface area contributed by atoms with Crippen molar-refractivity contribution in [3.05, 3.63) is 0 Å². The molecular formula is C11H18N2O4. The lowest BCUT2D eigenvalue weighted by Gasteiger charge is -2.27. The molecule has 17 heavy (non-hydrogen) atoms. The quantitative estimate of drug-likeness (QED) is 0.633. The SMILES string of the molecule is CC(C)(CCC(=O)O)NC(=O)C1CCC(=O)N1. The minimum atomic E-state index is -0.888. The van der Waals surface area contributed by atoms with Gasteiger partial charge < -0.3 is 15.7 Å². The van der Waals surface area contributed by atoms with Crippen LogP contribution >= 0.6 is 0 Å². The van der Waals surface area contributed by atoms with E-state index in [1.807, 2.05) is 0 Å².